The molecule has 0 radical (unpaired) electrons. The van der Waals surface area contributed by atoms with Crippen molar-refractivity contribution >= 4 is 0 Å². The largest absolute Gasteiger partial charge is 0.381 e. The quantitative estimate of drug-likeness (QED) is 0.681. The van der Waals surface area contributed by atoms with Crippen molar-refractivity contribution in [1.29, 1.82) is 0 Å². The van der Waals surface area contributed by atoms with Gasteiger partial charge in [0.05, 0.1) is 6.61 Å². The van der Waals surface area contributed by atoms with Gasteiger partial charge in [-0.05, 0) is 31.7 Å². The molecule has 1 rings (SSSR count). The van der Waals surface area contributed by atoms with Crippen molar-refractivity contribution in [3.8, 4) is 0 Å². The van der Waals surface area contributed by atoms with E-state index in [2.05, 4.69) is 19.2 Å². The molecule has 0 aromatic rings. The van der Waals surface area contributed by atoms with Gasteiger partial charge < -0.3 is 10.1 Å². The van der Waals surface area contributed by atoms with Crippen LogP contribution < -0.4 is 5.32 Å². The van der Waals surface area contributed by atoms with Gasteiger partial charge >= 0.3 is 0 Å². The third-order valence-corrected chi connectivity index (χ3v) is 2.63. The van der Waals surface area contributed by atoms with Crippen LogP contribution in [0.4, 0.5) is 0 Å². The second-order valence-electron chi connectivity index (χ2n) is 3.59. The van der Waals surface area contributed by atoms with Gasteiger partial charge in [0.15, 0.2) is 0 Å². The SMILES string of the molecule is CCCNC(CC)C1CCOC1. The van der Waals surface area contributed by atoms with Gasteiger partial charge in [-0.15, -0.1) is 0 Å². The van der Waals surface area contributed by atoms with Crippen molar-refractivity contribution in [3.05, 3.63) is 0 Å². The van der Waals surface area contributed by atoms with Crippen molar-refractivity contribution < 1.29 is 4.74 Å². The molecular formula is C10H21NO. The fraction of sp³-hybridized carbons (Fsp3) is 1.00. The van der Waals surface area contributed by atoms with Crippen molar-refractivity contribution in [2.75, 3.05) is 19.8 Å². The van der Waals surface area contributed by atoms with Gasteiger partial charge in [0.25, 0.3) is 0 Å². The molecule has 0 aromatic carbocycles. The fourth-order valence-corrected chi connectivity index (χ4v) is 1.84. The summed E-state index contributed by atoms with van der Waals surface area (Å²) >= 11 is 0. The summed E-state index contributed by atoms with van der Waals surface area (Å²) in [7, 11) is 0. The second-order valence-corrected chi connectivity index (χ2v) is 3.59. The first-order valence-electron chi connectivity index (χ1n) is 5.19. The predicted octanol–water partition coefficient (Wildman–Crippen LogP) is 1.80. The van der Waals surface area contributed by atoms with Crippen molar-refractivity contribution in [1.82, 2.24) is 5.32 Å². The van der Waals surface area contributed by atoms with Crippen LogP contribution in [0.3, 0.4) is 0 Å². The Kier molecular flexibility index (Phi) is 4.62. The van der Waals surface area contributed by atoms with Gasteiger partial charge in [-0.1, -0.05) is 13.8 Å². The standard InChI is InChI=1S/C10H21NO/c1-3-6-11-10(4-2)9-5-7-12-8-9/h9-11H,3-8H2,1-2H3. The second kappa shape index (κ2) is 5.55. The van der Waals surface area contributed by atoms with Gasteiger partial charge in [-0.2, -0.15) is 0 Å². The first-order valence-corrected chi connectivity index (χ1v) is 5.19. The zero-order valence-corrected chi connectivity index (χ0v) is 8.31. The van der Waals surface area contributed by atoms with Crippen LogP contribution in [-0.4, -0.2) is 25.8 Å². The first-order chi connectivity index (χ1) is 5.88. The average Bonchev–Trinajstić information content (AvgIpc) is 2.59. The maximum Gasteiger partial charge on any atom is 0.0509 e. The van der Waals surface area contributed by atoms with Gasteiger partial charge in [0.1, 0.15) is 0 Å². The summed E-state index contributed by atoms with van der Waals surface area (Å²) in [6.07, 6.45) is 3.70. The molecule has 2 nitrogen and oxygen atoms in total. The lowest BCUT2D eigenvalue weighted by molar-refractivity contribution is 0.176. The minimum atomic E-state index is 0.687. The molecular weight excluding hydrogens is 150 g/mol. The topological polar surface area (TPSA) is 21.3 Å². The average molecular weight is 171 g/mol. The van der Waals surface area contributed by atoms with E-state index in [-0.39, 0.29) is 0 Å². The summed E-state index contributed by atoms with van der Waals surface area (Å²) in [5, 5.41) is 3.58. The summed E-state index contributed by atoms with van der Waals surface area (Å²) < 4.78 is 5.38. The molecule has 1 heterocycles. The van der Waals surface area contributed by atoms with Crippen LogP contribution >= 0.6 is 0 Å². The third-order valence-electron chi connectivity index (χ3n) is 2.63. The van der Waals surface area contributed by atoms with Gasteiger partial charge in [0, 0.05) is 12.6 Å². The van der Waals surface area contributed by atoms with Crippen molar-refractivity contribution in [3.63, 3.8) is 0 Å². The Morgan fingerprint density at radius 2 is 2.33 bits per heavy atom. The van der Waals surface area contributed by atoms with Crippen molar-refractivity contribution in [2.45, 2.75) is 39.2 Å². The molecule has 2 heteroatoms. The predicted molar refractivity (Wildman–Crippen MR) is 51.3 cm³/mol. The van der Waals surface area contributed by atoms with E-state index in [1.165, 1.54) is 19.3 Å². The normalized spacial score (nSPS) is 26.0. The Labute approximate surface area is 75.7 Å². The molecule has 1 fully saturated rings. The van der Waals surface area contributed by atoms with E-state index in [0.29, 0.717) is 6.04 Å². The van der Waals surface area contributed by atoms with Crippen LogP contribution in [0.2, 0.25) is 0 Å². The van der Waals surface area contributed by atoms with E-state index in [9.17, 15) is 0 Å². The zero-order chi connectivity index (χ0) is 8.81. The smallest absolute Gasteiger partial charge is 0.0509 e. The number of ether oxygens (including phenoxy) is 1. The molecule has 0 spiro atoms. The Morgan fingerprint density at radius 1 is 1.50 bits per heavy atom. The summed E-state index contributed by atoms with van der Waals surface area (Å²) in [5.74, 6) is 0.765. The van der Waals surface area contributed by atoms with E-state index in [0.717, 1.165) is 25.7 Å². The maximum absolute atomic E-state index is 5.38. The molecule has 0 bridgehead atoms. The number of rotatable bonds is 5. The molecule has 2 unspecified atom stereocenters. The molecule has 0 amide bonds. The number of nitrogens with one attached hydrogen (secondary N) is 1. The van der Waals surface area contributed by atoms with E-state index in [1.54, 1.807) is 0 Å². The van der Waals surface area contributed by atoms with Crippen LogP contribution in [0.1, 0.15) is 33.1 Å². The summed E-state index contributed by atoms with van der Waals surface area (Å²) in [4.78, 5) is 0. The highest BCUT2D eigenvalue weighted by Crippen LogP contribution is 2.18. The first kappa shape index (κ1) is 10.0. The highest BCUT2D eigenvalue weighted by atomic mass is 16.5. The Morgan fingerprint density at radius 3 is 2.83 bits per heavy atom. The third kappa shape index (κ3) is 2.76. The number of hydrogen-bond donors (Lipinski definition) is 1. The highest BCUT2D eigenvalue weighted by molar-refractivity contribution is 4.77. The highest BCUT2D eigenvalue weighted by Gasteiger charge is 2.23. The lowest BCUT2D eigenvalue weighted by Gasteiger charge is -2.21. The molecule has 0 aliphatic carbocycles. The molecule has 2 atom stereocenters. The Hall–Kier alpha value is -0.0800. The molecule has 1 N–H and O–H groups in total. The minimum Gasteiger partial charge on any atom is -0.381 e. The van der Waals surface area contributed by atoms with Crippen LogP contribution in [0.25, 0.3) is 0 Å². The summed E-state index contributed by atoms with van der Waals surface area (Å²) in [5.41, 5.74) is 0. The van der Waals surface area contributed by atoms with Crippen LogP contribution in [0, 0.1) is 5.92 Å². The van der Waals surface area contributed by atoms with Crippen LogP contribution in [-0.2, 0) is 4.74 Å². The molecule has 0 saturated carbocycles. The van der Waals surface area contributed by atoms with Crippen molar-refractivity contribution in [2.24, 2.45) is 5.92 Å². The number of hydrogen-bond acceptors (Lipinski definition) is 2. The summed E-state index contributed by atoms with van der Waals surface area (Å²) in [6.45, 7) is 7.55. The molecule has 0 aromatic heterocycles. The lowest BCUT2D eigenvalue weighted by atomic mass is 9.97. The molecule has 1 aliphatic heterocycles. The van der Waals surface area contributed by atoms with E-state index in [4.69, 9.17) is 4.74 Å². The maximum atomic E-state index is 5.38. The van der Waals surface area contributed by atoms with E-state index in [1.807, 2.05) is 0 Å². The molecule has 12 heavy (non-hydrogen) atoms. The molecule has 1 aliphatic rings. The minimum absolute atomic E-state index is 0.687. The lowest BCUT2D eigenvalue weighted by Crippen LogP contribution is -2.36. The fourth-order valence-electron chi connectivity index (χ4n) is 1.84. The monoisotopic (exact) mass is 171 g/mol. The van der Waals surface area contributed by atoms with Crippen LogP contribution in [0.5, 0.6) is 0 Å². The van der Waals surface area contributed by atoms with E-state index < -0.39 is 0 Å². The summed E-state index contributed by atoms with van der Waals surface area (Å²) in [6, 6.07) is 0.687. The van der Waals surface area contributed by atoms with Crippen LogP contribution in [0.15, 0.2) is 0 Å². The molecule has 1 saturated heterocycles. The van der Waals surface area contributed by atoms with Gasteiger partial charge in [-0.25, -0.2) is 0 Å². The van der Waals surface area contributed by atoms with Gasteiger partial charge in [-0.3, -0.25) is 0 Å². The van der Waals surface area contributed by atoms with E-state index >= 15 is 0 Å². The molecule has 72 valence electrons. The Balaban J connectivity index is 2.22. The Bertz CT molecular complexity index is 110. The zero-order valence-electron chi connectivity index (χ0n) is 8.31. The van der Waals surface area contributed by atoms with Gasteiger partial charge in [0.2, 0.25) is 0 Å².